The second-order valence-electron chi connectivity index (χ2n) is 4.02. The summed E-state index contributed by atoms with van der Waals surface area (Å²) in [6, 6.07) is 0. The lowest BCUT2D eigenvalue weighted by molar-refractivity contribution is -0.127. The summed E-state index contributed by atoms with van der Waals surface area (Å²) in [6.45, 7) is 1.80. The van der Waals surface area contributed by atoms with Crippen molar-refractivity contribution in [2.24, 2.45) is 0 Å². The summed E-state index contributed by atoms with van der Waals surface area (Å²) in [6.07, 6.45) is 3.40. The Balaban J connectivity index is 1.58. The fraction of sp³-hybridized carbons (Fsp3) is 0.800. The van der Waals surface area contributed by atoms with Gasteiger partial charge in [-0.2, -0.15) is 0 Å². The zero-order valence-corrected chi connectivity index (χ0v) is 10.8. The molecule has 2 aliphatic heterocycles. The third kappa shape index (κ3) is 3.07. The number of nitrogens with zero attached hydrogens (tertiary/aromatic N) is 2. The van der Waals surface area contributed by atoms with E-state index in [1.165, 1.54) is 0 Å². The van der Waals surface area contributed by atoms with Crippen molar-refractivity contribution in [3.63, 3.8) is 0 Å². The highest BCUT2D eigenvalue weighted by Crippen LogP contribution is 2.26. The molecule has 0 aromatic carbocycles. The van der Waals surface area contributed by atoms with Gasteiger partial charge in [0.05, 0.1) is 11.8 Å². The molecule has 0 unspecified atom stereocenters. The van der Waals surface area contributed by atoms with E-state index < -0.39 is 0 Å². The lowest BCUT2D eigenvalue weighted by atomic mass is 10.4. The monoisotopic (exact) mass is 260 g/mol. The first-order valence-corrected chi connectivity index (χ1v) is 8.06. The Kier molecular flexibility index (Phi) is 4.40. The van der Waals surface area contributed by atoms with Crippen molar-refractivity contribution in [1.29, 1.82) is 0 Å². The average molecular weight is 260 g/mol. The first-order chi connectivity index (χ1) is 7.77. The summed E-state index contributed by atoms with van der Waals surface area (Å²) in [7, 11) is 3.34. The van der Waals surface area contributed by atoms with E-state index in [9.17, 15) is 9.59 Å². The van der Waals surface area contributed by atoms with Crippen LogP contribution in [0.2, 0.25) is 0 Å². The number of likely N-dealkylation sites (tertiary alicyclic amines) is 2. The number of hydrogen-bond donors (Lipinski definition) is 0. The van der Waals surface area contributed by atoms with Gasteiger partial charge in [0.25, 0.3) is 0 Å². The Bertz CT molecular complexity index is 258. The van der Waals surface area contributed by atoms with Gasteiger partial charge in [-0.05, 0) is 12.8 Å². The normalized spacial score (nSPS) is 21.2. The summed E-state index contributed by atoms with van der Waals surface area (Å²) in [5.41, 5.74) is 0. The van der Waals surface area contributed by atoms with Crippen molar-refractivity contribution in [1.82, 2.24) is 9.80 Å². The van der Waals surface area contributed by atoms with Crippen LogP contribution in [-0.2, 0) is 9.59 Å². The van der Waals surface area contributed by atoms with E-state index in [1.54, 1.807) is 21.6 Å². The quantitative estimate of drug-likeness (QED) is 0.555. The molecule has 0 saturated carbocycles. The van der Waals surface area contributed by atoms with Crippen LogP contribution in [0.1, 0.15) is 25.7 Å². The molecule has 0 spiro atoms. The predicted octanol–water partition coefficient (Wildman–Crippen LogP) is 1.53. The van der Waals surface area contributed by atoms with E-state index in [-0.39, 0.29) is 11.8 Å². The number of carbonyl (C=O) groups excluding carboxylic acids is 2. The first-order valence-electron chi connectivity index (χ1n) is 5.57. The van der Waals surface area contributed by atoms with Gasteiger partial charge in [-0.1, -0.05) is 21.6 Å². The maximum atomic E-state index is 11.3. The molecule has 6 heteroatoms. The van der Waals surface area contributed by atoms with E-state index >= 15 is 0 Å². The molecule has 90 valence electrons. The van der Waals surface area contributed by atoms with Gasteiger partial charge in [0.15, 0.2) is 0 Å². The number of amides is 2. The molecular weight excluding hydrogens is 244 g/mol. The third-order valence-electron chi connectivity index (χ3n) is 2.84. The molecule has 0 aromatic rings. The van der Waals surface area contributed by atoms with Crippen LogP contribution < -0.4 is 0 Å². The largest absolute Gasteiger partial charge is 0.333 e. The van der Waals surface area contributed by atoms with Crippen molar-refractivity contribution >= 4 is 33.4 Å². The van der Waals surface area contributed by atoms with Gasteiger partial charge in [-0.25, -0.2) is 0 Å². The fourth-order valence-electron chi connectivity index (χ4n) is 1.88. The van der Waals surface area contributed by atoms with Gasteiger partial charge < -0.3 is 9.80 Å². The molecule has 0 bridgehead atoms. The number of rotatable bonds is 5. The number of carbonyl (C=O) groups is 2. The lowest BCUT2D eigenvalue weighted by Crippen LogP contribution is -2.25. The molecule has 0 atom stereocenters. The van der Waals surface area contributed by atoms with Gasteiger partial charge in [0, 0.05) is 25.9 Å². The number of hydrogen-bond acceptors (Lipinski definition) is 4. The van der Waals surface area contributed by atoms with Crippen LogP contribution in [0.3, 0.4) is 0 Å². The standard InChI is InChI=1S/C10H16N2O2S2/c13-9-3-1-5-11(9)7-15-16-8-12-6-2-4-10(12)14/h1-8H2. The zero-order valence-electron chi connectivity index (χ0n) is 9.18. The van der Waals surface area contributed by atoms with Crippen LogP contribution >= 0.6 is 21.6 Å². The maximum Gasteiger partial charge on any atom is 0.223 e. The van der Waals surface area contributed by atoms with Crippen molar-refractivity contribution in [3.05, 3.63) is 0 Å². The third-order valence-corrected chi connectivity index (χ3v) is 4.98. The molecule has 2 fully saturated rings. The summed E-state index contributed by atoms with van der Waals surface area (Å²) < 4.78 is 0. The minimum atomic E-state index is 0.269. The van der Waals surface area contributed by atoms with Crippen LogP contribution in [-0.4, -0.2) is 46.5 Å². The second-order valence-corrected chi connectivity index (χ2v) is 6.42. The summed E-state index contributed by atoms with van der Waals surface area (Å²) >= 11 is 0. The summed E-state index contributed by atoms with van der Waals surface area (Å²) in [4.78, 5) is 26.4. The molecule has 2 saturated heterocycles. The smallest absolute Gasteiger partial charge is 0.223 e. The average Bonchev–Trinajstić information content (AvgIpc) is 2.84. The topological polar surface area (TPSA) is 40.6 Å². The van der Waals surface area contributed by atoms with Gasteiger partial charge >= 0.3 is 0 Å². The van der Waals surface area contributed by atoms with Crippen molar-refractivity contribution < 1.29 is 9.59 Å². The Hall–Kier alpha value is -0.360. The van der Waals surface area contributed by atoms with Gasteiger partial charge in [-0.15, -0.1) is 0 Å². The molecule has 0 N–H and O–H groups in total. The Labute approximate surface area is 104 Å². The van der Waals surface area contributed by atoms with Crippen molar-refractivity contribution in [2.45, 2.75) is 25.7 Å². The summed E-state index contributed by atoms with van der Waals surface area (Å²) in [5, 5.41) is 0. The second kappa shape index (κ2) is 5.82. The Morgan fingerprint density at radius 3 is 1.62 bits per heavy atom. The molecule has 4 nitrogen and oxygen atoms in total. The SMILES string of the molecule is O=C1CCCN1CSSCN1CCCC1=O. The van der Waals surface area contributed by atoms with E-state index in [4.69, 9.17) is 0 Å². The predicted molar refractivity (Wildman–Crippen MR) is 66.8 cm³/mol. The molecule has 0 radical (unpaired) electrons. The van der Waals surface area contributed by atoms with Gasteiger partial charge in [0.1, 0.15) is 0 Å². The minimum Gasteiger partial charge on any atom is -0.333 e. The molecule has 0 aromatic heterocycles. The maximum absolute atomic E-state index is 11.3. The Morgan fingerprint density at radius 1 is 0.875 bits per heavy atom. The Morgan fingerprint density at radius 2 is 1.31 bits per heavy atom. The van der Waals surface area contributed by atoms with Crippen molar-refractivity contribution in [2.75, 3.05) is 24.8 Å². The molecule has 2 rings (SSSR count). The summed E-state index contributed by atoms with van der Waals surface area (Å²) in [5.74, 6) is 2.05. The van der Waals surface area contributed by atoms with E-state index in [0.29, 0.717) is 12.8 Å². The van der Waals surface area contributed by atoms with Gasteiger partial charge in [0.2, 0.25) is 11.8 Å². The molecule has 0 aliphatic carbocycles. The van der Waals surface area contributed by atoms with Gasteiger partial charge in [-0.3, -0.25) is 9.59 Å². The molecule has 2 aliphatic rings. The lowest BCUT2D eigenvalue weighted by Gasteiger charge is -2.17. The van der Waals surface area contributed by atoms with Crippen LogP contribution in [0, 0.1) is 0 Å². The van der Waals surface area contributed by atoms with Crippen LogP contribution in [0.25, 0.3) is 0 Å². The molecular formula is C10H16N2O2S2. The van der Waals surface area contributed by atoms with E-state index in [2.05, 4.69) is 0 Å². The van der Waals surface area contributed by atoms with Crippen molar-refractivity contribution in [3.8, 4) is 0 Å². The van der Waals surface area contributed by atoms with Crippen LogP contribution in [0.4, 0.5) is 0 Å². The van der Waals surface area contributed by atoms with Crippen LogP contribution in [0.5, 0.6) is 0 Å². The highest BCUT2D eigenvalue weighted by Gasteiger charge is 2.21. The minimum absolute atomic E-state index is 0.269. The highest BCUT2D eigenvalue weighted by atomic mass is 33.1. The fourth-order valence-corrected chi connectivity index (χ4v) is 4.04. The van der Waals surface area contributed by atoms with Crippen LogP contribution in [0.15, 0.2) is 0 Å². The zero-order chi connectivity index (χ0) is 11.4. The molecule has 2 heterocycles. The molecule has 16 heavy (non-hydrogen) atoms. The van der Waals surface area contributed by atoms with E-state index in [1.807, 2.05) is 9.80 Å². The first kappa shape index (κ1) is 12.1. The highest BCUT2D eigenvalue weighted by molar-refractivity contribution is 8.76. The molecule has 2 amide bonds. The van der Waals surface area contributed by atoms with E-state index in [0.717, 1.165) is 37.7 Å².